The molecule has 100 valence electrons. The van der Waals surface area contributed by atoms with Crippen LogP contribution in [0.5, 0.6) is 0 Å². The number of rotatable bonds is 2. The van der Waals surface area contributed by atoms with Crippen molar-refractivity contribution in [1.29, 1.82) is 0 Å². The molecule has 1 aliphatic rings. The summed E-state index contributed by atoms with van der Waals surface area (Å²) in [5, 5.41) is 0. The maximum absolute atomic E-state index is 12.2. The van der Waals surface area contributed by atoms with Crippen LogP contribution < -0.4 is 0 Å². The van der Waals surface area contributed by atoms with E-state index in [9.17, 15) is 14.4 Å². The zero-order chi connectivity index (χ0) is 14.1. The first kappa shape index (κ1) is 14.4. The third kappa shape index (κ3) is 2.30. The summed E-state index contributed by atoms with van der Waals surface area (Å²) in [5.74, 6) is -0.608. The van der Waals surface area contributed by atoms with Crippen LogP contribution in [0.1, 0.15) is 34.6 Å². The lowest BCUT2D eigenvalue weighted by Gasteiger charge is -2.36. The molecule has 0 heterocycles. The van der Waals surface area contributed by atoms with Gasteiger partial charge in [0.1, 0.15) is 5.76 Å². The second-order valence-corrected chi connectivity index (χ2v) is 5.24. The molecule has 1 rings (SSSR count). The lowest BCUT2D eigenvalue weighted by molar-refractivity contribution is -0.144. The van der Waals surface area contributed by atoms with Crippen molar-refractivity contribution in [3.05, 3.63) is 11.8 Å². The fourth-order valence-corrected chi connectivity index (χ4v) is 1.88. The van der Waals surface area contributed by atoms with Crippen molar-refractivity contribution in [2.75, 3.05) is 6.61 Å². The molecule has 0 fully saturated rings. The van der Waals surface area contributed by atoms with Gasteiger partial charge in [0.2, 0.25) is 0 Å². The highest BCUT2D eigenvalue weighted by Gasteiger charge is 2.50. The van der Waals surface area contributed by atoms with Crippen LogP contribution in [0, 0.1) is 10.8 Å². The van der Waals surface area contributed by atoms with Crippen molar-refractivity contribution in [2.24, 2.45) is 10.8 Å². The summed E-state index contributed by atoms with van der Waals surface area (Å²) in [5.41, 5.74) is -2.12. The van der Waals surface area contributed by atoms with Gasteiger partial charge in [0.15, 0.2) is 11.6 Å². The average Bonchev–Trinajstić information content (AvgIpc) is 2.25. The van der Waals surface area contributed by atoms with E-state index in [4.69, 9.17) is 4.74 Å². The maximum Gasteiger partial charge on any atom is 0.513 e. The Morgan fingerprint density at radius 1 is 1.17 bits per heavy atom. The molecular weight excluding hydrogens is 236 g/mol. The Bertz CT molecular complexity index is 429. The smallest absolute Gasteiger partial charge is 0.434 e. The molecular formula is C13H18O5. The number of carbonyl (C=O) groups is 3. The number of hydrogen-bond donors (Lipinski definition) is 0. The largest absolute Gasteiger partial charge is 0.513 e. The van der Waals surface area contributed by atoms with E-state index < -0.39 is 17.0 Å². The van der Waals surface area contributed by atoms with Gasteiger partial charge in [-0.3, -0.25) is 9.59 Å². The molecule has 0 N–H and O–H groups in total. The Hall–Kier alpha value is -1.65. The van der Waals surface area contributed by atoms with Crippen molar-refractivity contribution >= 4 is 17.7 Å². The lowest BCUT2D eigenvalue weighted by Crippen LogP contribution is -2.47. The van der Waals surface area contributed by atoms with Crippen LogP contribution in [0.4, 0.5) is 4.79 Å². The summed E-state index contributed by atoms with van der Waals surface area (Å²) in [4.78, 5) is 35.3. The molecule has 5 nitrogen and oxygen atoms in total. The van der Waals surface area contributed by atoms with E-state index in [2.05, 4.69) is 4.74 Å². The maximum atomic E-state index is 12.2. The normalized spacial score (nSPS) is 21.3. The second-order valence-electron chi connectivity index (χ2n) is 5.24. The SMILES string of the molecule is CCOC(=O)OC1=CC(=O)C(C)(C)C(=O)C1(C)C. The van der Waals surface area contributed by atoms with Gasteiger partial charge in [0, 0.05) is 6.08 Å². The molecule has 0 aromatic heterocycles. The Kier molecular flexibility index (Phi) is 3.64. The van der Waals surface area contributed by atoms with Gasteiger partial charge in [-0.1, -0.05) is 0 Å². The zero-order valence-electron chi connectivity index (χ0n) is 11.3. The Labute approximate surface area is 106 Å². The van der Waals surface area contributed by atoms with Gasteiger partial charge in [-0.25, -0.2) is 4.79 Å². The van der Waals surface area contributed by atoms with Crippen molar-refractivity contribution in [3.8, 4) is 0 Å². The first-order chi connectivity index (χ1) is 8.14. The molecule has 0 atom stereocenters. The van der Waals surface area contributed by atoms with Gasteiger partial charge >= 0.3 is 6.16 Å². The summed E-state index contributed by atoms with van der Waals surface area (Å²) >= 11 is 0. The summed E-state index contributed by atoms with van der Waals surface area (Å²) in [6.45, 7) is 8.18. The van der Waals surface area contributed by atoms with Gasteiger partial charge in [0.25, 0.3) is 0 Å². The zero-order valence-corrected chi connectivity index (χ0v) is 11.3. The van der Waals surface area contributed by atoms with Crippen molar-refractivity contribution in [1.82, 2.24) is 0 Å². The minimum Gasteiger partial charge on any atom is -0.434 e. The predicted octanol–water partition coefficient (Wildman–Crippen LogP) is 2.25. The summed E-state index contributed by atoms with van der Waals surface area (Å²) in [6.07, 6.45) is 0.301. The number of carbonyl (C=O) groups excluding carboxylic acids is 3. The van der Waals surface area contributed by atoms with Crippen LogP contribution >= 0.6 is 0 Å². The Morgan fingerprint density at radius 2 is 1.72 bits per heavy atom. The van der Waals surface area contributed by atoms with E-state index in [-0.39, 0.29) is 23.9 Å². The standard InChI is InChI=1S/C13H18O5/c1-6-17-11(16)18-9-7-8(14)12(2,3)10(15)13(9,4)5/h7H,6H2,1-5H3. The molecule has 0 unspecified atom stereocenters. The van der Waals surface area contributed by atoms with Crippen LogP contribution in [0.25, 0.3) is 0 Å². The summed E-state index contributed by atoms with van der Waals surface area (Å²) in [7, 11) is 0. The molecule has 0 radical (unpaired) electrons. The highest BCUT2D eigenvalue weighted by atomic mass is 16.7. The van der Waals surface area contributed by atoms with Crippen molar-refractivity contribution in [3.63, 3.8) is 0 Å². The van der Waals surface area contributed by atoms with Gasteiger partial charge in [0.05, 0.1) is 17.4 Å². The van der Waals surface area contributed by atoms with Gasteiger partial charge in [-0.15, -0.1) is 0 Å². The van der Waals surface area contributed by atoms with E-state index >= 15 is 0 Å². The topological polar surface area (TPSA) is 69.7 Å². The molecule has 0 saturated carbocycles. The first-order valence-electron chi connectivity index (χ1n) is 5.80. The van der Waals surface area contributed by atoms with E-state index in [1.54, 1.807) is 34.6 Å². The molecule has 1 aliphatic carbocycles. The van der Waals surface area contributed by atoms with Crippen LogP contribution in [-0.2, 0) is 19.1 Å². The highest BCUT2D eigenvalue weighted by Crippen LogP contribution is 2.41. The Balaban J connectivity index is 3.09. The fourth-order valence-electron chi connectivity index (χ4n) is 1.88. The third-order valence-electron chi connectivity index (χ3n) is 3.08. The lowest BCUT2D eigenvalue weighted by atomic mass is 9.66. The molecule has 0 aromatic carbocycles. The predicted molar refractivity (Wildman–Crippen MR) is 63.8 cm³/mol. The quantitative estimate of drug-likeness (QED) is 0.558. The minimum absolute atomic E-state index is 0.0373. The number of Topliss-reactive ketones (excluding diaryl/α,β-unsaturated/α-hetero) is 1. The van der Waals surface area contributed by atoms with Gasteiger partial charge < -0.3 is 9.47 Å². The summed E-state index contributed by atoms with van der Waals surface area (Å²) in [6, 6.07) is 0. The van der Waals surface area contributed by atoms with Gasteiger partial charge in [-0.05, 0) is 34.6 Å². The third-order valence-corrected chi connectivity index (χ3v) is 3.08. The number of ketones is 2. The van der Waals surface area contributed by atoms with E-state index in [1.807, 2.05) is 0 Å². The van der Waals surface area contributed by atoms with Crippen LogP contribution in [-0.4, -0.2) is 24.3 Å². The van der Waals surface area contributed by atoms with E-state index in [0.29, 0.717) is 0 Å². The van der Waals surface area contributed by atoms with Gasteiger partial charge in [-0.2, -0.15) is 0 Å². The molecule has 0 aliphatic heterocycles. The van der Waals surface area contributed by atoms with E-state index in [0.717, 1.165) is 0 Å². The number of ether oxygens (including phenoxy) is 2. The van der Waals surface area contributed by atoms with Crippen LogP contribution in [0.15, 0.2) is 11.8 Å². The van der Waals surface area contributed by atoms with Crippen molar-refractivity contribution < 1.29 is 23.9 Å². The van der Waals surface area contributed by atoms with Crippen LogP contribution in [0.2, 0.25) is 0 Å². The molecule has 0 aromatic rings. The average molecular weight is 254 g/mol. The molecule has 5 heteroatoms. The fraction of sp³-hybridized carbons (Fsp3) is 0.615. The molecule has 0 amide bonds. The van der Waals surface area contributed by atoms with Crippen LogP contribution in [0.3, 0.4) is 0 Å². The number of hydrogen-bond acceptors (Lipinski definition) is 5. The van der Waals surface area contributed by atoms with E-state index in [1.165, 1.54) is 6.08 Å². The molecule has 0 spiro atoms. The molecule has 0 bridgehead atoms. The number of allylic oxidation sites excluding steroid dienone is 2. The first-order valence-corrected chi connectivity index (χ1v) is 5.80. The second kappa shape index (κ2) is 4.55. The summed E-state index contributed by atoms with van der Waals surface area (Å²) < 4.78 is 9.58. The Morgan fingerprint density at radius 3 is 2.22 bits per heavy atom. The molecule has 18 heavy (non-hydrogen) atoms. The monoisotopic (exact) mass is 254 g/mol. The van der Waals surface area contributed by atoms with Crippen molar-refractivity contribution in [2.45, 2.75) is 34.6 Å². The molecule has 0 saturated heterocycles. The minimum atomic E-state index is -1.09. The highest BCUT2D eigenvalue weighted by molar-refractivity contribution is 6.16.